The summed E-state index contributed by atoms with van der Waals surface area (Å²) >= 11 is 0. The first-order valence-electron chi connectivity index (χ1n) is 5.29. The quantitative estimate of drug-likeness (QED) is 0.814. The Hall–Kier alpha value is -1.49. The molecule has 0 bridgehead atoms. The van der Waals surface area contributed by atoms with Crippen molar-refractivity contribution in [1.82, 2.24) is 9.88 Å². The van der Waals surface area contributed by atoms with Crippen molar-refractivity contribution in [1.29, 1.82) is 0 Å². The van der Waals surface area contributed by atoms with Gasteiger partial charge in [0.2, 0.25) is 0 Å². The molecule has 0 spiro atoms. The maximum Gasteiger partial charge on any atom is 0.256 e. The van der Waals surface area contributed by atoms with Gasteiger partial charge in [-0.05, 0) is 12.5 Å². The summed E-state index contributed by atoms with van der Waals surface area (Å²) in [6.07, 6.45) is 3.27. The van der Waals surface area contributed by atoms with E-state index in [4.69, 9.17) is 5.73 Å². The molecule has 0 aliphatic carbocycles. The van der Waals surface area contributed by atoms with E-state index in [0.29, 0.717) is 19.6 Å². The molecule has 1 aromatic rings. The number of carbonyl (C=O) groups is 1. The van der Waals surface area contributed by atoms with E-state index in [-0.39, 0.29) is 11.5 Å². The first kappa shape index (κ1) is 12.6. The van der Waals surface area contributed by atoms with Gasteiger partial charge in [0.15, 0.2) is 5.82 Å². The highest BCUT2D eigenvalue weighted by molar-refractivity contribution is 5.94. The third-order valence-corrected chi connectivity index (χ3v) is 2.18. The molecule has 88 valence electrons. The van der Waals surface area contributed by atoms with E-state index in [1.807, 2.05) is 6.92 Å². The summed E-state index contributed by atoms with van der Waals surface area (Å²) in [5.74, 6) is -0.919. The number of amides is 1. The van der Waals surface area contributed by atoms with Crippen LogP contribution in [0, 0.1) is 5.82 Å². The smallest absolute Gasteiger partial charge is 0.256 e. The molecule has 1 rings (SSSR count). The van der Waals surface area contributed by atoms with Crippen LogP contribution in [0.5, 0.6) is 0 Å². The molecule has 1 amide bonds. The predicted molar refractivity (Wildman–Crippen MR) is 59.4 cm³/mol. The van der Waals surface area contributed by atoms with Gasteiger partial charge >= 0.3 is 0 Å². The minimum absolute atomic E-state index is 0.0527. The first-order valence-corrected chi connectivity index (χ1v) is 5.29. The van der Waals surface area contributed by atoms with Crippen molar-refractivity contribution in [3.05, 3.63) is 29.8 Å². The van der Waals surface area contributed by atoms with Crippen molar-refractivity contribution in [2.24, 2.45) is 5.73 Å². The number of pyridine rings is 1. The van der Waals surface area contributed by atoms with Crippen LogP contribution in [0.25, 0.3) is 0 Å². The molecular formula is C11H16FN3O. The molecule has 1 heterocycles. The first-order chi connectivity index (χ1) is 7.70. The molecule has 1 aromatic heterocycles. The van der Waals surface area contributed by atoms with E-state index in [1.54, 1.807) is 4.90 Å². The van der Waals surface area contributed by atoms with E-state index in [2.05, 4.69) is 4.98 Å². The Balaban J connectivity index is 2.85. The van der Waals surface area contributed by atoms with E-state index in [9.17, 15) is 9.18 Å². The molecule has 0 saturated carbocycles. The van der Waals surface area contributed by atoms with Crippen molar-refractivity contribution in [2.75, 3.05) is 19.6 Å². The Morgan fingerprint density at radius 1 is 1.56 bits per heavy atom. The van der Waals surface area contributed by atoms with Crippen molar-refractivity contribution in [3.8, 4) is 0 Å². The summed E-state index contributed by atoms with van der Waals surface area (Å²) in [6.45, 7) is 3.35. The summed E-state index contributed by atoms with van der Waals surface area (Å²) in [7, 11) is 0. The molecule has 0 aromatic carbocycles. The zero-order chi connectivity index (χ0) is 12.0. The molecule has 0 aliphatic heterocycles. The van der Waals surface area contributed by atoms with Gasteiger partial charge in [-0.3, -0.25) is 9.78 Å². The van der Waals surface area contributed by atoms with Crippen LogP contribution in [0.3, 0.4) is 0 Å². The highest BCUT2D eigenvalue weighted by Crippen LogP contribution is 2.08. The van der Waals surface area contributed by atoms with Crippen LogP contribution in [0.2, 0.25) is 0 Å². The molecule has 4 nitrogen and oxygen atoms in total. The fourth-order valence-corrected chi connectivity index (χ4v) is 1.46. The molecular weight excluding hydrogens is 209 g/mol. The average Bonchev–Trinajstić information content (AvgIpc) is 2.28. The number of nitrogens with zero attached hydrogens (tertiary/aromatic N) is 2. The van der Waals surface area contributed by atoms with Gasteiger partial charge < -0.3 is 10.6 Å². The maximum atomic E-state index is 13.3. The minimum atomic E-state index is -0.592. The Labute approximate surface area is 94.3 Å². The van der Waals surface area contributed by atoms with E-state index in [0.717, 1.165) is 12.6 Å². The second kappa shape index (κ2) is 6.17. The van der Waals surface area contributed by atoms with Crippen LogP contribution in [-0.2, 0) is 0 Å². The molecule has 0 fully saturated rings. The topological polar surface area (TPSA) is 59.2 Å². The number of hydrogen-bond donors (Lipinski definition) is 1. The van der Waals surface area contributed by atoms with Gasteiger partial charge in [-0.1, -0.05) is 6.92 Å². The summed E-state index contributed by atoms with van der Waals surface area (Å²) in [5.41, 5.74) is 5.47. The number of rotatable bonds is 5. The molecule has 0 unspecified atom stereocenters. The van der Waals surface area contributed by atoms with Crippen LogP contribution in [-0.4, -0.2) is 35.4 Å². The van der Waals surface area contributed by atoms with Crippen LogP contribution >= 0.6 is 0 Å². The number of aromatic nitrogens is 1. The van der Waals surface area contributed by atoms with Gasteiger partial charge in [0, 0.05) is 25.8 Å². The third kappa shape index (κ3) is 3.00. The molecule has 2 N–H and O–H groups in total. The zero-order valence-corrected chi connectivity index (χ0v) is 9.32. The molecule has 5 heteroatoms. The Bertz CT molecular complexity index is 351. The molecule has 16 heavy (non-hydrogen) atoms. The molecule has 0 radical (unpaired) electrons. The standard InChI is InChI=1S/C11H16FN3O/c1-2-6-15(7-4-13)11(16)9-3-5-14-8-10(9)12/h3,5,8H,2,4,6-7,13H2,1H3. The SMILES string of the molecule is CCCN(CCN)C(=O)c1ccncc1F. The lowest BCUT2D eigenvalue weighted by Gasteiger charge is -2.21. The molecule has 0 saturated heterocycles. The number of nitrogens with two attached hydrogens (primary N) is 1. The van der Waals surface area contributed by atoms with Gasteiger partial charge in [-0.2, -0.15) is 0 Å². The maximum absolute atomic E-state index is 13.3. The third-order valence-electron chi connectivity index (χ3n) is 2.18. The predicted octanol–water partition coefficient (Wildman–Crippen LogP) is 1.03. The zero-order valence-electron chi connectivity index (χ0n) is 9.32. The van der Waals surface area contributed by atoms with E-state index in [1.165, 1.54) is 12.3 Å². The van der Waals surface area contributed by atoms with Crippen LogP contribution in [0.15, 0.2) is 18.5 Å². The summed E-state index contributed by atoms with van der Waals surface area (Å²) < 4.78 is 13.3. The summed E-state index contributed by atoms with van der Waals surface area (Å²) in [6, 6.07) is 1.39. The normalized spacial score (nSPS) is 10.2. The number of carbonyl (C=O) groups excluding carboxylic acids is 1. The van der Waals surface area contributed by atoms with E-state index >= 15 is 0 Å². The average molecular weight is 225 g/mol. The van der Waals surface area contributed by atoms with Crippen LogP contribution < -0.4 is 5.73 Å². The van der Waals surface area contributed by atoms with Gasteiger partial charge in [0.25, 0.3) is 5.91 Å². The van der Waals surface area contributed by atoms with Crippen molar-refractivity contribution >= 4 is 5.91 Å². The van der Waals surface area contributed by atoms with Crippen molar-refractivity contribution in [2.45, 2.75) is 13.3 Å². The Kier molecular flexibility index (Phi) is 4.85. The summed E-state index contributed by atoms with van der Waals surface area (Å²) in [5, 5.41) is 0. The largest absolute Gasteiger partial charge is 0.337 e. The second-order valence-corrected chi connectivity index (χ2v) is 3.44. The lowest BCUT2D eigenvalue weighted by Crippen LogP contribution is -2.36. The van der Waals surface area contributed by atoms with E-state index < -0.39 is 5.82 Å². The monoisotopic (exact) mass is 225 g/mol. The number of hydrogen-bond acceptors (Lipinski definition) is 3. The fourth-order valence-electron chi connectivity index (χ4n) is 1.46. The molecule has 0 aliphatic rings. The lowest BCUT2D eigenvalue weighted by atomic mass is 10.2. The van der Waals surface area contributed by atoms with Gasteiger partial charge in [-0.25, -0.2) is 4.39 Å². The Morgan fingerprint density at radius 3 is 2.88 bits per heavy atom. The number of halogens is 1. The highest BCUT2D eigenvalue weighted by atomic mass is 19.1. The van der Waals surface area contributed by atoms with Crippen molar-refractivity contribution < 1.29 is 9.18 Å². The van der Waals surface area contributed by atoms with Gasteiger partial charge in [0.1, 0.15) is 0 Å². The minimum Gasteiger partial charge on any atom is -0.337 e. The molecule has 0 atom stereocenters. The van der Waals surface area contributed by atoms with Crippen molar-refractivity contribution in [3.63, 3.8) is 0 Å². The van der Waals surface area contributed by atoms with Gasteiger partial charge in [0.05, 0.1) is 11.8 Å². The lowest BCUT2D eigenvalue weighted by molar-refractivity contribution is 0.0755. The fraction of sp³-hybridized carbons (Fsp3) is 0.455. The second-order valence-electron chi connectivity index (χ2n) is 3.44. The highest BCUT2D eigenvalue weighted by Gasteiger charge is 2.17. The van der Waals surface area contributed by atoms with Crippen LogP contribution in [0.1, 0.15) is 23.7 Å². The Morgan fingerprint density at radius 2 is 2.31 bits per heavy atom. The van der Waals surface area contributed by atoms with Gasteiger partial charge in [-0.15, -0.1) is 0 Å². The van der Waals surface area contributed by atoms with Crippen LogP contribution in [0.4, 0.5) is 4.39 Å². The summed E-state index contributed by atoms with van der Waals surface area (Å²) in [4.78, 5) is 17.1.